The highest BCUT2D eigenvalue weighted by Gasteiger charge is 2.26. The minimum absolute atomic E-state index is 0.0116. The van der Waals surface area contributed by atoms with E-state index >= 15 is 0 Å². The van der Waals surface area contributed by atoms with Crippen molar-refractivity contribution < 1.29 is 18.7 Å². The second-order valence-corrected chi connectivity index (χ2v) is 5.94. The molecule has 6 heteroatoms. The lowest BCUT2D eigenvalue weighted by Crippen LogP contribution is -2.50. The Hall–Kier alpha value is -2.76. The molecule has 0 saturated carbocycles. The van der Waals surface area contributed by atoms with E-state index in [4.69, 9.17) is 9.15 Å². The number of piperazine rings is 1. The number of hydrogen-bond acceptors (Lipinski definition) is 4. The Bertz CT molecular complexity index is 747. The minimum atomic E-state index is -0.130. The first-order chi connectivity index (χ1) is 12.1. The van der Waals surface area contributed by atoms with E-state index in [9.17, 15) is 9.59 Å². The summed E-state index contributed by atoms with van der Waals surface area (Å²) in [6.45, 7) is 4.06. The lowest BCUT2D eigenvalue weighted by atomic mass is 10.1. The van der Waals surface area contributed by atoms with Crippen LogP contribution in [-0.4, -0.2) is 54.9 Å². The molecule has 0 atom stereocenters. The molecule has 2 amide bonds. The molecule has 3 rings (SSSR count). The zero-order valence-corrected chi connectivity index (χ0v) is 14.5. The standard InChI is InChI=1S/C19H22N2O4/c1-3-14-13-15(6-7-16(14)24-2)18(22)20-8-10-21(11-9-20)19(23)17-5-4-12-25-17/h4-7,12-13H,3,8-11H2,1-2H3. The number of hydrogen-bond donors (Lipinski definition) is 0. The van der Waals surface area contributed by atoms with Gasteiger partial charge >= 0.3 is 0 Å². The van der Waals surface area contributed by atoms with Crippen LogP contribution in [0.3, 0.4) is 0 Å². The summed E-state index contributed by atoms with van der Waals surface area (Å²) in [6.07, 6.45) is 2.29. The summed E-state index contributed by atoms with van der Waals surface area (Å²) in [5, 5.41) is 0. The van der Waals surface area contributed by atoms with Crippen LogP contribution >= 0.6 is 0 Å². The van der Waals surface area contributed by atoms with E-state index in [0.717, 1.165) is 17.7 Å². The molecular weight excluding hydrogens is 320 g/mol. The van der Waals surface area contributed by atoms with E-state index in [1.165, 1.54) is 6.26 Å². The molecule has 0 unspecified atom stereocenters. The van der Waals surface area contributed by atoms with Crippen LogP contribution < -0.4 is 4.74 Å². The summed E-state index contributed by atoms with van der Waals surface area (Å²) >= 11 is 0. The topological polar surface area (TPSA) is 63.0 Å². The van der Waals surface area contributed by atoms with E-state index < -0.39 is 0 Å². The molecule has 0 spiro atoms. The molecule has 2 heterocycles. The zero-order valence-electron chi connectivity index (χ0n) is 14.5. The Kier molecular flexibility index (Phi) is 5.07. The van der Waals surface area contributed by atoms with Crippen LogP contribution in [0.4, 0.5) is 0 Å². The van der Waals surface area contributed by atoms with E-state index in [0.29, 0.717) is 37.5 Å². The second kappa shape index (κ2) is 7.42. The van der Waals surface area contributed by atoms with Gasteiger partial charge in [-0.15, -0.1) is 0 Å². The maximum absolute atomic E-state index is 12.7. The monoisotopic (exact) mass is 342 g/mol. The molecule has 0 N–H and O–H groups in total. The van der Waals surface area contributed by atoms with Crippen LogP contribution in [0.5, 0.6) is 5.75 Å². The van der Waals surface area contributed by atoms with Gasteiger partial charge in [0.1, 0.15) is 5.75 Å². The largest absolute Gasteiger partial charge is 0.496 e. The fraction of sp³-hybridized carbons (Fsp3) is 0.368. The number of rotatable bonds is 4. The summed E-state index contributed by atoms with van der Waals surface area (Å²) in [4.78, 5) is 28.5. The molecule has 0 bridgehead atoms. The predicted molar refractivity (Wildman–Crippen MR) is 92.9 cm³/mol. The number of nitrogens with zero attached hydrogens (tertiary/aromatic N) is 2. The van der Waals surface area contributed by atoms with Crippen molar-refractivity contribution in [3.05, 3.63) is 53.5 Å². The Morgan fingerprint density at radius 1 is 1.08 bits per heavy atom. The molecule has 1 aromatic heterocycles. The highest BCUT2D eigenvalue weighted by atomic mass is 16.5. The van der Waals surface area contributed by atoms with E-state index in [2.05, 4.69) is 0 Å². The molecule has 1 aliphatic rings. The van der Waals surface area contributed by atoms with E-state index in [1.807, 2.05) is 19.1 Å². The van der Waals surface area contributed by atoms with Gasteiger partial charge < -0.3 is 19.0 Å². The van der Waals surface area contributed by atoms with Crippen molar-refractivity contribution in [2.24, 2.45) is 0 Å². The molecular formula is C19H22N2O4. The van der Waals surface area contributed by atoms with Crippen molar-refractivity contribution >= 4 is 11.8 Å². The average Bonchev–Trinajstić information content (AvgIpc) is 3.21. The summed E-state index contributed by atoms with van der Waals surface area (Å²) in [7, 11) is 1.63. The van der Waals surface area contributed by atoms with Gasteiger partial charge in [-0.25, -0.2) is 0 Å². The third-order valence-corrected chi connectivity index (χ3v) is 4.49. The van der Waals surface area contributed by atoms with Gasteiger partial charge in [-0.3, -0.25) is 9.59 Å². The Morgan fingerprint density at radius 2 is 1.76 bits per heavy atom. The van der Waals surface area contributed by atoms with Crippen molar-refractivity contribution in [1.29, 1.82) is 0 Å². The first-order valence-electron chi connectivity index (χ1n) is 8.43. The van der Waals surface area contributed by atoms with Crippen LogP contribution in [0.1, 0.15) is 33.4 Å². The summed E-state index contributed by atoms with van der Waals surface area (Å²) in [5.74, 6) is 0.993. The van der Waals surface area contributed by atoms with Crippen molar-refractivity contribution in [2.75, 3.05) is 33.3 Å². The summed E-state index contributed by atoms with van der Waals surface area (Å²) in [6, 6.07) is 8.87. The number of benzene rings is 1. The predicted octanol–water partition coefficient (Wildman–Crippen LogP) is 2.45. The Morgan fingerprint density at radius 3 is 2.32 bits per heavy atom. The third-order valence-electron chi connectivity index (χ3n) is 4.49. The zero-order chi connectivity index (χ0) is 17.8. The Balaban J connectivity index is 1.64. The van der Waals surface area contributed by atoms with Crippen LogP contribution in [-0.2, 0) is 6.42 Å². The van der Waals surface area contributed by atoms with Crippen LogP contribution in [0.2, 0.25) is 0 Å². The molecule has 0 radical (unpaired) electrons. The molecule has 1 aliphatic heterocycles. The average molecular weight is 342 g/mol. The van der Waals surface area contributed by atoms with Crippen LogP contribution in [0.25, 0.3) is 0 Å². The van der Waals surface area contributed by atoms with Crippen molar-refractivity contribution in [2.45, 2.75) is 13.3 Å². The highest BCUT2D eigenvalue weighted by molar-refractivity contribution is 5.95. The fourth-order valence-corrected chi connectivity index (χ4v) is 3.04. The molecule has 1 saturated heterocycles. The SMILES string of the molecule is CCc1cc(C(=O)N2CCN(C(=O)c3ccco3)CC2)ccc1OC. The van der Waals surface area contributed by atoms with Crippen LogP contribution in [0, 0.1) is 0 Å². The normalized spacial score (nSPS) is 14.5. The first kappa shape index (κ1) is 17.1. The van der Waals surface area contributed by atoms with Crippen molar-refractivity contribution in [3.8, 4) is 5.75 Å². The number of furan rings is 1. The molecule has 2 aromatic rings. The van der Waals surface area contributed by atoms with Gasteiger partial charge in [0.25, 0.3) is 11.8 Å². The van der Waals surface area contributed by atoms with Gasteiger partial charge in [-0.2, -0.15) is 0 Å². The molecule has 6 nitrogen and oxygen atoms in total. The summed E-state index contributed by atoms with van der Waals surface area (Å²) in [5.41, 5.74) is 1.67. The van der Waals surface area contributed by atoms with Gasteiger partial charge in [0.15, 0.2) is 5.76 Å². The lowest BCUT2D eigenvalue weighted by molar-refractivity contribution is 0.0518. The fourth-order valence-electron chi connectivity index (χ4n) is 3.04. The van der Waals surface area contributed by atoms with E-state index in [-0.39, 0.29) is 11.8 Å². The van der Waals surface area contributed by atoms with Gasteiger partial charge in [0.05, 0.1) is 13.4 Å². The highest BCUT2D eigenvalue weighted by Crippen LogP contribution is 2.21. The molecule has 132 valence electrons. The van der Waals surface area contributed by atoms with Crippen molar-refractivity contribution in [3.63, 3.8) is 0 Å². The molecule has 0 aliphatic carbocycles. The van der Waals surface area contributed by atoms with Gasteiger partial charge in [-0.05, 0) is 42.3 Å². The number of carbonyl (C=O) groups is 2. The van der Waals surface area contributed by atoms with Crippen molar-refractivity contribution in [1.82, 2.24) is 9.80 Å². The van der Waals surface area contributed by atoms with Gasteiger partial charge in [-0.1, -0.05) is 6.92 Å². The molecule has 1 aromatic carbocycles. The quantitative estimate of drug-likeness (QED) is 0.856. The molecule has 1 fully saturated rings. The number of methoxy groups -OCH3 is 1. The Labute approximate surface area is 147 Å². The number of aryl methyl sites for hydroxylation is 1. The molecule has 25 heavy (non-hydrogen) atoms. The van der Waals surface area contributed by atoms with Crippen LogP contribution in [0.15, 0.2) is 41.0 Å². The maximum Gasteiger partial charge on any atom is 0.289 e. The summed E-state index contributed by atoms with van der Waals surface area (Å²) < 4.78 is 10.5. The van der Waals surface area contributed by atoms with Gasteiger partial charge in [0.2, 0.25) is 0 Å². The second-order valence-electron chi connectivity index (χ2n) is 5.94. The van der Waals surface area contributed by atoms with E-state index in [1.54, 1.807) is 35.1 Å². The third kappa shape index (κ3) is 3.52. The first-order valence-corrected chi connectivity index (χ1v) is 8.43. The lowest BCUT2D eigenvalue weighted by Gasteiger charge is -2.34. The minimum Gasteiger partial charge on any atom is -0.496 e. The smallest absolute Gasteiger partial charge is 0.289 e. The number of carbonyl (C=O) groups excluding carboxylic acids is 2. The van der Waals surface area contributed by atoms with Gasteiger partial charge in [0, 0.05) is 31.7 Å². The maximum atomic E-state index is 12.7. The number of ether oxygens (including phenoxy) is 1. The number of amides is 2.